The Kier molecular flexibility index (Phi) is 9.00. The zero-order chi connectivity index (χ0) is 22.8. The van der Waals surface area contributed by atoms with Crippen molar-refractivity contribution in [2.45, 2.75) is 95.9 Å². The molecule has 168 valence electrons. The first-order chi connectivity index (χ1) is 12.2. The topological polar surface area (TPSA) is 94.5 Å². The van der Waals surface area contributed by atoms with Gasteiger partial charge >= 0.3 is 11.9 Å². The highest BCUT2D eigenvalue weighted by molar-refractivity contribution is 6.74. The van der Waals surface area contributed by atoms with E-state index in [2.05, 4.69) is 0 Å². The molecule has 0 saturated heterocycles. The van der Waals surface area contributed by atoms with Crippen LogP contribution in [0.25, 0.3) is 0 Å². The van der Waals surface area contributed by atoms with Crippen LogP contribution in [0.5, 0.6) is 0 Å². The van der Waals surface area contributed by atoms with Gasteiger partial charge in [0.1, 0.15) is 12.7 Å². The van der Waals surface area contributed by atoms with Gasteiger partial charge < -0.3 is 10.2 Å². The highest BCUT2D eigenvalue weighted by atomic mass is 28.4. The molecule has 0 radical (unpaired) electrons. The van der Waals surface area contributed by atoms with Crippen LogP contribution in [0.4, 0.5) is 8.78 Å². The van der Waals surface area contributed by atoms with E-state index in [0.717, 1.165) is 0 Å². The fourth-order valence-electron chi connectivity index (χ4n) is 1.25. The molecule has 0 saturated carbocycles. The Labute approximate surface area is 168 Å². The third-order valence-corrected chi connectivity index (χ3v) is 13.7. The van der Waals surface area contributed by atoms with Gasteiger partial charge in [-0.15, -0.1) is 0 Å². The molecule has 11 heteroatoms. The maximum absolute atomic E-state index is 14.1. The molecule has 7 nitrogen and oxygen atoms in total. The summed E-state index contributed by atoms with van der Waals surface area (Å²) in [6.07, 6.45) is -4.44. The molecule has 0 rings (SSSR count). The van der Waals surface area contributed by atoms with Crippen LogP contribution in [0.3, 0.4) is 0 Å². The lowest BCUT2D eigenvalue weighted by atomic mass is 10.1. The lowest BCUT2D eigenvalue weighted by Crippen LogP contribution is -2.54. The fraction of sp³-hybridized carbons (Fsp3) is 0.941. The molecule has 0 aliphatic carbocycles. The minimum Gasteiger partial charge on any atom is -0.477 e. The highest BCUT2D eigenvalue weighted by Gasteiger charge is 2.54. The number of carboxylic acids is 1. The first kappa shape index (κ1) is 27.6. The number of halogens is 2. The van der Waals surface area contributed by atoms with E-state index in [1.54, 1.807) is 13.1 Å². The summed E-state index contributed by atoms with van der Waals surface area (Å²) in [6, 6.07) is 0. The van der Waals surface area contributed by atoms with Crippen molar-refractivity contribution in [3.8, 4) is 0 Å². The van der Waals surface area contributed by atoms with Crippen molar-refractivity contribution in [2.75, 3.05) is 6.61 Å². The molecule has 0 spiro atoms. The fourth-order valence-corrected chi connectivity index (χ4v) is 2.46. The Hall–Kier alpha value is -0.436. The molecule has 0 aliphatic heterocycles. The Morgan fingerprint density at radius 3 is 1.68 bits per heavy atom. The summed E-state index contributed by atoms with van der Waals surface area (Å²) in [5.41, 5.74) is 0. The number of carbonyl (C=O) groups is 1. The van der Waals surface area contributed by atoms with Gasteiger partial charge in [0.25, 0.3) is 0 Å². The van der Waals surface area contributed by atoms with E-state index < -0.39 is 47.3 Å². The van der Waals surface area contributed by atoms with Crippen molar-refractivity contribution < 1.29 is 42.7 Å². The van der Waals surface area contributed by atoms with Gasteiger partial charge in [-0.2, -0.15) is 8.78 Å². The third-order valence-electron chi connectivity index (χ3n) is 5.47. The van der Waals surface area contributed by atoms with Gasteiger partial charge in [-0.1, -0.05) is 41.5 Å². The van der Waals surface area contributed by atoms with Crippen molar-refractivity contribution in [2.24, 2.45) is 0 Å². The van der Waals surface area contributed by atoms with Crippen LogP contribution in [-0.4, -0.2) is 57.6 Å². The average molecular weight is 447 g/mol. The van der Waals surface area contributed by atoms with Crippen molar-refractivity contribution >= 4 is 22.6 Å². The standard InChI is InChI=1S/C17H36F2O7Si2/c1-15(2,3)27(7,8)25-23-11-12(20)13(17(18,19)14(21)22)24-26-28(9,10)16(4,5)6/h12-13,20H,11H2,1-10H3,(H,21,22)/t12-,13-/m1/s1. The molecule has 0 heterocycles. The second kappa shape index (κ2) is 9.15. The second-order valence-corrected chi connectivity index (χ2v) is 19.4. The summed E-state index contributed by atoms with van der Waals surface area (Å²) in [6.45, 7) is 18.0. The Morgan fingerprint density at radius 1 is 0.929 bits per heavy atom. The van der Waals surface area contributed by atoms with Gasteiger partial charge in [0, 0.05) is 0 Å². The predicted molar refractivity (Wildman–Crippen MR) is 106 cm³/mol. The van der Waals surface area contributed by atoms with Crippen molar-refractivity contribution in [1.29, 1.82) is 0 Å². The molecular weight excluding hydrogens is 410 g/mol. The minimum atomic E-state index is -4.39. The monoisotopic (exact) mass is 446 g/mol. The molecule has 0 unspecified atom stereocenters. The number of carboxylic acid groups (broad SMARTS) is 1. The van der Waals surface area contributed by atoms with Gasteiger partial charge in [0.05, 0.1) is 0 Å². The lowest BCUT2D eigenvalue weighted by Gasteiger charge is -2.37. The minimum absolute atomic E-state index is 0.204. The Balaban J connectivity index is 5.26. The third kappa shape index (κ3) is 7.11. The molecule has 0 aromatic heterocycles. The van der Waals surface area contributed by atoms with Crippen LogP contribution in [0.2, 0.25) is 36.3 Å². The number of hydrogen-bond donors (Lipinski definition) is 2. The van der Waals surface area contributed by atoms with Crippen molar-refractivity contribution in [3.63, 3.8) is 0 Å². The lowest BCUT2D eigenvalue weighted by molar-refractivity contribution is -0.336. The van der Waals surface area contributed by atoms with Gasteiger partial charge in [0.2, 0.25) is 16.6 Å². The van der Waals surface area contributed by atoms with Gasteiger partial charge in [0.15, 0.2) is 6.10 Å². The SMILES string of the molecule is CC(C)(C)[Si](C)(C)OOC[C@@H](O)[C@@H](OO[Si](C)(C)C(C)(C)C)C(F)(F)C(=O)O. The van der Waals surface area contributed by atoms with E-state index in [0.29, 0.717) is 0 Å². The number of hydrogen-bond acceptors (Lipinski definition) is 6. The first-order valence-corrected chi connectivity index (χ1v) is 14.9. The molecule has 28 heavy (non-hydrogen) atoms. The van der Waals surface area contributed by atoms with Gasteiger partial charge in [-0.05, 0) is 36.3 Å². The maximum Gasteiger partial charge on any atom is 0.377 e. The Morgan fingerprint density at radius 2 is 1.32 bits per heavy atom. The number of alkyl halides is 2. The Bertz CT molecular complexity index is 529. The van der Waals surface area contributed by atoms with Crippen LogP contribution in [-0.2, 0) is 23.7 Å². The number of aliphatic hydroxyl groups is 1. The molecule has 0 aromatic rings. The van der Waals surface area contributed by atoms with Crippen molar-refractivity contribution in [1.82, 2.24) is 0 Å². The van der Waals surface area contributed by atoms with E-state index in [1.807, 2.05) is 54.6 Å². The number of aliphatic carboxylic acids is 1. The number of aliphatic hydroxyl groups excluding tert-OH is 1. The highest BCUT2D eigenvalue weighted by Crippen LogP contribution is 2.38. The van der Waals surface area contributed by atoms with Gasteiger partial charge in [-0.3, -0.25) is 9.15 Å². The first-order valence-electron chi connectivity index (χ1n) is 9.11. The van der Waals surface area contributed by atoms with Crippen LogP contribution < -0.4 is 0 Å². The smallest absolute Gasteiger partial charge is 0.377 e. The van der Waals surface area contributed by atoms with E-state index in [9.17, 15) is 18.7 Å². The molecule has 0 bridgehead atoms. The van der Waals surface area contributed by atoms with E-state index in [4.69, 9.17) is 24.0 Å². The van der Waals surface area contributed by atoms with Crippen LogP contribution >= 0.6 is 0 Å². The van der Waals surface area contributed by atoms with Crippen LogP contribution in [0, 0.1) is 0 Å². The second-order valence-electron chi connectivity index (χ2n) is 9.98. The zero-order valence-corrected chi connectivity index (χ0v) is 20.6. The summed E-state index contributed by atoms with van der Waals surface area (Å²) >= 11 is 0. The molecular formula is C17H36F2O7Si2. The quantitative estimate of drug-likeness (QED) is 0.293. The van der Waals surface area contributed by atoms with E-state index in [-0.39, 0.29) is 10.1 Å². The van der Waals surface area contributed by atoms with Gasteiger partial charge in [-0.25, -0.2) is 14.6 Å². The molecule has 2 atom stereocenters. The van der Waals surface area contributed by atoms with Crippen LogP contribution in [0.1, 0.15) is 41.5 Å². The molecule has 2 N–H and O–H groups in total. The number of rotatable bonds is 10. The van der Waals surface area contributed by atoms with E-state index >= 15 is 0 Å². The molecule has 0 aromatic carbocycles. The summed E-state index contributed by atoms with van der Waals surface area (Å²) in [4.78, 5) is 20.8. The summed E-state index contributed by atoms with van der Waals surface area (Å²) < 4.78 is 38.9. The summed E-state index contributed by atoms with van der Waals surface area (Å²) in [5.74, 6) is -6.82. The largest absolute Gasteiger partial charge is 0.477 e. The summed E-state index contributed by atoms with van der Waals surface area (Å²) in [7, 11) is -4.99. The summed E-state index contributed by atoms with van der Waals surface area (Å²) in [5, 5.41) is 18.5. The predicted octanol–water partition coefficient (Wildman–Crippen LogP) is 4.34. The maximum atomic E-state index is 14.1. The average Bonchev–Trinajstić information content (AvgIpc) is 2.44. The van der Waals surface area contributed by atoms with E-state index in [1.165, 1.54) is 0 Å². The molecule has 0 fully saturated rings. The molecule has 0 aliphatic rings. The molecule has 0 amide bonds. The van der Waals surface area contributed by atoms with Crippen LogP contribution in [0.15, 0.2) is 0 Å². The zero-order valence-electron chi connectivity index (χ0n) is 18.6. The van der Waals surface area contributed by atoms with Crippen molar-refractivity contribution in [3.05, 3.63) is 0 Å². The normalized spacial score (nSPS) is 16.8.